The van der Waals surface area contributed by atoms with Crippen LogP contribution in [0.3, 0.4) is 0 Å². The Kier molecular flexibility index (Phi) is 11.1. The Morgan fingerprint density at radius 1 is 0.864 bits per heavy atom. The van der Waals surface area contributed by atoms with Crippen LogP contribution in [0.15, 0.2) is 107 Å². The molecule has 0 saturated carbocycles. The van der Waals surface area contributed by atoms with Gasteiger partial charge in [0.15, 0.2) is 0 Å². The molecule has 0 bridgehead atoms. The molecule has 3 aromatic rings. The second-order valence-corrected chi connectivity index (χ2v) is 11.6. The summed E-state index contributed by atoms with van der Waals surface area (Å²) in [5.74, 6) is 2.26. The Balaban J connectivity index is 0.00000188. The Hall–Kier alpha value is -3.71. The lowest BCUT2D eigenvalue weighted by molar-refractivity contribution is 0.120. The van der Waals surface area contributed by atoms with Gasteiger partial charge in [0.05, 0.1) is 19.1 Å². The summed E-state index contributed by atoms with van der Waals surface area (Å²) in [4.78, 5) is 17.5. The van der Waals surface area contributed by atoms with Gasteiger partial charge in [-0.2, -0.15) is 0 Å². The molecule has 1 saturated heterocycles. The van der Waals surface area contributed by atoms with Crippen molar-refractivity contribution in [2.75, 3.05) is 39.3 Å². The van der Waals surface area contributed by atoms with E-state index in [1.807, 2.05) is 38.1 Å². The van der Waals surface area contributed by atoms with E-state index in [4.69, 9.17) is 21.6 Å². The van der Waals surface area contributed by atoms with E-state index < -0.39 is 0 Å². The van der Waals surface area contributed by atoms with Crippen LogP contribution >= 0.6 is 11.6 Å². The zero-order valence-electron chi connectivity index (χ0n) is 26.2. The summed E-state index contributed by atoms with van der Waals surface area (Å²) >= 11 is 6.21. The third kappa shape index (κ3) is 7.68. The van der Waals surface area contributed by atoms with Crippen molar-refractivity contribution in [3.63, 3.8) is 0 Å². The van der Waals surface area contributed by atoms with Crippen LogP contribution in [0.2, 0.25) is 5.02 Å². The molecule has 0 radical (unpaired) electrons. The summed E-state index contributed by atoms with van der Waals surface area (Å²) < 4.78 is 0. The van der Waals surface area contributed by atoms with Gasteiger partial charge < -0.3 is 10.0 Å². The number of hydrogen-bond donors (Lipinski definition) is 1. The lowest BCUT2D eigenvalue weighted by Crippen LogP contribution is -2.49. The van der Waals surface area contributed by atoms with E-state index in [2.05, 4.69) is 76.2 Å². The molecule has 1 atom stereocenters. The Morgan fingerprint density at radius 3 is 2.09 bits per heavy atom. The number of benzene rings is 3. The predicted molar refractivity (Wildman–Crippen MR) is 184 cm³/mol. The van der Waals surface area contributed by atoms with Crippen molar-refractivity contribution >= 4 is 23.3 Å². The van der Waals surface area contributed by atoms with Crippen molar-refractivity contribution in [1.82, 2.24) is 14.7 Å². The van der Waals surface area contributed by atoms with Crippen molar-refractivity contribution in [2.45, 2.75) is 46.3 Å². The van der Waals surface area contributed by atoms with Crippen LogP contribution < -0.4 is 0 Å². The van der Waals surface area contributed by atoms with Crippen LogP contribution in [0.5, 0.6) is 5.75 Å². The number of halogens is 1. The third-order valence-electron chi connectivity index (χ3n) is 8.30. The van der Waals surface area contributed by atoms with E-state index in [1.54, 1.807) is 12.1 Å². The van der Waals surface area contributed by atoms with Crippen LogP contribution in [0.25, 0.3) is 0 Å². The zero-order chi connectivity index (χ0) is 30.9. The van der Waals surface area contributed by atoms with Gasteiger partial charge in [-0.25, -0.2) is 4.99 Å². The van der Waals surface area contributed by atoms with Gasteiger partial charge in [0, 0.05) is 49.9 Å². The molecule has 6 nitrogen and oxygen atoms in total. The topological polar surface area (TPSA) is 54.7 Å². The van der Waals surface area contributed by atoms with Gasteiger partial charge in [0.2, 0.25) is 0 Å². The number of allylic oxidation sites excluding steroid dienone is 3. The van der Waals surface area contributed by atoms with E-state index >= 15 is 0 Å². The minimum absolute atomic E-state index is 0.0994. The Labute approximate surface area is 267 Å². The number of phenolic OH excluding ortho intramolecular Hbond substituents is 1. The number of fused-ring (bicyclic) bond motifs is 1. The number of hydrogen-bond acceptors (Lipinski definition) is 6. The van der Waals surface area contributed by atoms with Crippen LogP contribution in [-0.2, 0) is 13.1 Å². The number of phenols is 1. The molecule has 3 aliphatic heterocycles. The van der Waals surface area contributed by atoms with Crippen LogP contribution in [0.1, 0.15) is 55.5 Å². The average molecular weight is 610 g/mol. The normalized spacial score (nSPS) is 18.9. The minimum Gasteiger partial charge on any atom is -0.508 e. The number of rotatable bonds is 7. The predicted octanol–water partition coefficient (Wildman–Crippen LogP) is 7.50. The fourth-order valence-corrected chi connectivity index (χ4v) is 6.19. The molecule has 1 unspecified atom stereocenters. The highest BCUT2D eigenvalue weighted by atomic mass is 35.5. The first kappa shape index (κ1) is 31.7. The summed E-state index contributed by atoms with van der Waals surface area (Å²) in [5, 5.41) is 10.6. The standard InChI is InChI=1S/C35H38ClN5O.C2H6/c1-2-3-4-7-28-22-37-33(38-35(28)41-23-29-8-5-6-9-30(29)24-41)25-39-18-20-40(21-19-39)34(26-10-14-31(36)15-11-26)27-12-16-32(42)17-13-27;1-2/h3-17,34,42H,2,18-25H2,1H3;1-2H3/b4-3-,28-7+;. The molecule has 3 heterocycles. The van der Waals surface area contributed by atoms with Crippen molar-refractivity contribution in [1.29, 1.82) is 0 Å². The van der Waals surface area contributed by atoms with E-state index in [-0.39, 0.29) is 11.8 Å². The molecule has 44 heavy (non-hydrogen) atoms. The maximum Gasteiger partial charge on any atom is 0.140 e. The summed E-state index contributed by atoms with van der Waals surface area (Å²) in [7, 11) is 0. The van der Waals surface area contributed by atoms with Crippen LogP contribution in [0, 0.1) is 0 Å². The molecule has 0 spiro atoms. The van der Waals surface area contributed by atoms with Crippen LogP contribution in [-0.4, -0.2) is 70.7 Å². The van der Waals surface area contributed by atoms with Crippen LogP contribution in [0.4, 0.5) is 0 Å². The minimum atomic E-state index is 0.0994. The fraction of sp³-hybridized carbons (Fsp3) is 0.351. The molecule has 6 rings (SSSR count). The first-order chi connectivity index (χ1) is 21.6. The van der Waals surface area contributed by atoms with Gasteiger partial charge in [0.1, 0.15) is 17.4 Å². The summed E-state index contributed by atoms with van der Waals surface area (Å²) in [6, 6.07) is 24.5. The average Bonchev–Trinajstić information content (AvgIpc) is 3.50. The lowest BCUT2D eigenvalue weighted by atomic mass is 9.96. The zero-order valence-corrected chi connectivity index (χ0v) is 26.9. The number of aromatic hydroxyl groups is 1. The van der Waals surface area contributed by atoms with Gasteiger partial charge in [-0.15, -0.1) is 0 Å². The van der Waals surface area contributed by atoms with Crippen molar-refractivity contribution in [3.8, 4) is 5.75 Å². The van der Waals surface area contributed by atoms with E-state index in [9.17, 15) is 5.11 Å². The van der Waals surface area contributed by atoms with E-state index in [0.29, 0.717) is 6.54 Å². The van der Waals surface area contributed by atoms with E-state index in [1.165, 1.54) is 22.3 Å². The summed E-state index contributed by atoms with van der Waals surface area (Å²) in [5.41, 5.74) is 6.31. The molecule has 1 N–H and O–H groups in total. The highest BCUT2D eigenvalue weighted by molar-refractivity contribution is 6.30. The second kappa shape index (κ2) is 15.3. The lowest BCUT2D eigenvalue weighted by Gasteiger charge is -2.40. The molecule has 0 aromatic heterocycles. The largest absolute Gasteiger partial charge is 0.508 e. The molecule has 7 heteroatoms. The SMILES string of the molecule is CC.CC/C=C\C=C1/CN=C(CN2CCN(C(c3ccc(O)cc3)c3ccc(Cl)cc3)CC2)N=C1N1Cc2ccccc2C1. The Morgan fingerprint density at radius 2 is 1.48 bits per heavy atom. The molecular formula is C37H44ClN5O. The second-order valence-electron chi connectivity index (χ2n) is 11.2. The van der Waals surface area contributed by atoms with Gasteiger partial charge in [-0.3, -0.25) is 14.8 Å². The van der Waals surface area contributed by atoms with E-state index in [0.717, 1.165) is 74.5 Å². The van der Waals surface area contributed by atoms with Crippen molar-refractivity contribution < 1.29 is 5.11 Å². The first-order valence-corrected chi connectivity index (χ1v) is 16.3. The highest BCUT2D eigenvalue weighted by Crippen LogP contribution is 2.32. The third-order valence-corrected chi connectivity index (χ3v) is 8.55. The number of nitrogens with zero attached hydrogens (tertiary/aromatic N) is 5. The van der Waals surface area contributed by atoms with Crippen molar-refractivity contribution in [3.05, 3.63) is 124 Å². The molecule has 3 aliphatic rings. The summed E-state index contributed by atoms with van der Waals surface area (Å²) in [6.45, 7) is 13.1. The first-order valence-electron chi connectivity index (χ1n) is 15.9. The summed E-state index contributed by atoms with van der Waals surface area (Å²) in [6.07, 6.45) is 7.51. The molecule has 1 fully saturated rings. The quantitative estimate of drug-likeness (QED) is 0.301. The maximum absolute atomic E-state index is 9.88. The fourth-order valence-electron chi connectivity index (χ4n) is 6.06. The Bertz CT molecular complexity index is 1430. The highest BCUT2D eigenvalue weighted by Gasteiger charge is 2.29. The number of amidine groups is 2. The van der Waals surface area contributed by atoms with Gasteiger partial charge in [-0.1, -0.05) is 99.1 Å². The van der Waals surface area contributed by atoms with Crippen molar-refractivity contribution in [2.24, 2.45) is 9.98 Å². The van der Waals surface area contributed by atoms with Gasteiger partial charge in [-0.05, 0) is 52.9 Å². The molecule has 3 aromatic carbocycles. The number of aliphatic imine (C=N–C) groups is 2. The monoisotopic (exact) mass is 609 g/mol. The number of piperazine rings is 1. The molecule has 0 aliphatic carbocycles. The smallest absolute Gasteiger partial charge is 0.140 e. The maximum atomic E-state index is 9.88. The molecule has 0 amide bonds. The molecule has 230 valence electrons. The molecular weight excluding hydrogens is 566 g/mol. The van der Waals surface area contributed by atoms with Gasteiger partial charge in [0.25, 0.3) is 0 Å². The van der Waals surface area contributed by atoms with Gasteiger partial charge >= 0.3 is 0 Å².